The molecule has 0 fully saturated rings. The lowest BCUT2D eigenvalue weighted by atomic mass is 10.3. The summed E-state index contributed by atoms with van der Waals surface area (Å²) < 4.78 is 4.45. The molecule has 0 saturated carbocycles. The lowest BCUT2D eigenvalue weighted by Crippen LogP contribution is -1.96. The summed E-state index contributed by atoms with van der Waals surface area (Å²) in [7, 11) is 1.38. The molecule has 2 heteroatoms. The molecular formula is C10H14O2. The molecule has 0 bridgehead atoms. The fraction of sp³-hybridized carbons (Fsp3) is 0.300. The van der Waals surface area contributed by atoms with E-state index in [0.29, 0.717) is 6.42 Å². The zero-order chi connectivity index (χ0) is 9.23. The van der Waals surface area contributed by atoms with Gasteiger partial charge in [0.2, 0.25) is 0 Å². The van der Waals surface area contributed by atoms with E-state index in [0.717, 1.165) is 6.42 Å². The topological polar surface area (TPSA) is 26.3 Å². The Labute approximate surface area is 73.2 Å². The van der Waals surface area contributed by atoms with Crippen molar-refractivity contribution in [1.82, 2.24) is 0 Å². The Kier molecular flexibility index (Phi) is 6.94. The number of hydrogen-bond acceptors (Lipinski definition) is 2. The highest BCUT2D eigenvalue weighted by molar-refractivity contribution is 5.70. The van der Waals surface area contributed by atoms with Crippen LogP contribution >= 0.6 is 0 Å². The van der Waals surface area contributed by atoms with E-state index in [1.165, 1.54) is 7.11 Å². The van der Waals surface area contributed by atoms with E-state index in [2.05, 4.69) is 11.3 Å². The van der Waals surface area contributed by atoms with Gasteiger partial charge in [-0.25, -0.2) is 0 Å². The van der Waals surface area contributed by atoms with Crippen LogP contribution in [0.2, 0.25) is 0 Å². The lowest BCUT2D eigenvalue weighted by Gasteiger charge is -1.90. The first-order chi connectivity index (χ1) is 5.81. The summed E-state index contributed by atoms with van der Waals surface area (Å²) in [5.41, 5.74) is 0. The molecule has 0 heterocycles. The molecule has 0 aromatic heterocycles. The van der Waals surface area contributed by atoms with E-state index >= 15 is 0 Å². The predicted molar refractivity (Wildman–Crippen MR) is 49.7 cm³/mol. The Morgan fingerprint density at radius 3 is 2.75 bits per heavy atom. The Morgan fingerprint density at radius 1 is 1.42 bits per heavy atom. The smallest absolute Gasteiger partial charge is 0.309 e. The molecule has 0 spiro atoms. The Bertz CT molecular complexity index is 190. The number of allylic oxidation sites excluding steroid dienone is 4. The van der Waals surface area contributed by atoms with Gasteiger partial charge in [0, 0.05) is 0 Å². The number of esters is 1. The molecule has 0 rings (SSSR count). The van der Waals surface area contributed by atoms with Gasteiger partial charge in [-0.05, 0) is 6.42 Å². The number of carbonyl (C=O) groups excluding carboxylic acids is 1. The Hall–Kier alpha value is -1.31. The van der Waals surface area contributed by atoms with Crippen LogP contribution < -0.4 is 0 Å². The number of carbonyl (C=O) groups is 1. The standard InChI is InChI=1S/C10H14O2/c1-3-4-5-6-7-8-9-10(11)12-2/h3-5,7-8H,1,6,9H2,2H3/b5-4-,8-7-. The summed E-state index contributed by atoms with van der Waals surface area (Å²) in [5, 5.41) is 0. The van der Waals surface area contributed by atoms with Crippen LogP contribution in [0.4, 0.5) is 0 Å². The number of hydrogen-bond donors (Lipinski definition) is 0. The molecule has 0 N–H and O–H groups in total. The van der Waals surface area contributed by atoms with Crippen molar-refractivity contribution in [3.05, 3.63) is 37.0 Å². The summed E-state index contributed by atoms with van der Waals surface area (Å²) in [6.45, 7) is 3.53. The van der Waals surface area contributed by atoms with Crippen LogP contribution in [0.5, 0.6) is 0 Å². The average molecular weight is 166 g/mol. The first-order valence-corrected chi connectivity index (χ1v) is 3.80. The second-order valence-electron chi connectivity index (χ2n) is 2.15. The van der Waals surface area contributed by atoms with Gasteiger partial charge in [-0.1, -0.05) is 37.0 Å². The van der Waals surface area contributed by atoms with E-state index in [1.54, 1.807) is 12.2 Å². The largest absolute Gasteiger partial charge is 0.469 e. The minimum atomic E-state index is -0.209. The highest BCUT2D eigenvalue weighted by Gasteiger charge is 1.91. The van der Waals surface area contributed by atoms with Crippen LogP contribution in [-0.2, 0) is 9.53 Å². The molecule has 0 saturated heterocycles. The van der Waals surface area contributed by atoms with Crippen molar-refractivity contribution >= 4 is 5.97 Å². The minimum Gasteiger partial charge on any atom is -0.469 e. The molecule has 2 nitrogen and oxygen atoms in total. The highest BCUT2D eigenvalue weighted by atomic mass is 16.5. The van der Waals surface area contributed by atoms with Crippen LogP contribution in [0, 0.1) is 0 Å². The van der Waals surface area contributed by atoms with Crippen molar-refractivity contribution in [2.45, 2.75) is 12.8 Å². The highest BCUT2D eigenvalue weighted by Crippen LogP contribution is 1.91. The van der Waals surface area contributed by atoms with Crippen molar-refractivity contribution in [3.8, 4) is 0 Å². The van der Waals surface area contributed by atoms with Gasteiger partial charge in [-0.15, -0.1) is 0 Å². The first kappa shape index (κ1) is 10.7. The average Bonchev–Trinajstić information content (AvgIpc) is 2.10. The second-order valence-corrected chi connectivity index (χ2v) is 2.15. The van der Waals surface area contributed by atoms with Crippen LogP contribution in [0.25, 0.3) is 0 Å². The lowest BCUT2D eigenvalue weighted by molar-refractivity contribution is -0.139. The zero-order valence-electron chi connectivity index (χ0n) is 7.32. The third-order valence-electron chi connectivity index (χ3n) is 1.22. The van der Waals surface area contributed by atoms with Gasteiger partial charge in [0.05, 0.1) is 13.5 Å². The molecule has 0 amide bonds. The second kappa shape index (κ2) is 7.79. The first-order valence-electron chi connectivity index (χ1n) is 3.80. The van der Waals surface area contributed by atoms with Gasteiger partial charge < -0.3 is 4.74 Å². The summed E-state index contributed by atoms with van der Waals surface area (Å²) in [4.78, 5) is 10.6. The number of methoxy groups -OCH3 is 1. The van der Waals surface area contributed by atoms with Crippen LogP contribution in [0.15, 0.2) is 37.0 Å². The Morgan fingerprint density at radius 2 is 2.17 bits per heavy atom. The van der Waals surface area contributed by atoms with Crippen LogP contribution in [-0.4, -0.2) is 13.1 Å². The van der Waals surface area contributed by atoms with Crippen LogP contribution in [0.3, 0.4) is 0 Å². The third kappa shape index (κ3) is 6.81. The predicted octanol–water partition coefficient (Wildman–Crippen LogP) is 2.24. The summed E-state index contributed by atoms with van der Waals surface area (Å²) in [6, 6.07) is 0. The number of rotatable bonds is 5. The van der Waals surface area contributed by atoms with Crippen molar-refractivity contribution in [1.29, 1.82) is 0 Å². The summed E-state index contributed by atoms with van der Waals surface area (Å²) in [6.07, 6.45) is 10.4. The van der Waals surface area contributed by atoms with Gasteiger partial charge in [0.15, 0.2) is 0 Å². The van der Waals surface area contributed by atoms with Crippen molar-refractivity contribution in [3.63, 3.8) is 0 Å². The van der Waals surface area contributed by atoms with Crippen molar-refractivity contribution < 1.29 is 9.53 Å². The molecular weight excluding hydrogens is 152 g/mol. The minimum absolute atomic E-state index is 0.209. The molecule has 0 aliphatic heterocycles. The number of ether oxygens (including phenoxy) is 1. The molecule has 12 heavy (non-hydrogen) atoms. The maximum Gasteiger partial charge on any atom is 0.309 e. The quantitative estimate of drug-likeness (QED) is 0.355. The molecule has 0 aromatic carbocycles. The van der Waals surface area contributed by atoms with Gasteiger partial charge in [-0.2, -0.15) is 0 Å². The molecule has 0 aliphatic rings. The monoisotopic (exact) mass is 166 g/mol. The van der Waals surface area contributed by atoms with Gasteiger partial charge in [-0.3, -0.25) is 4.79 Å². The van der Waals surface area contributed by atoms with E-state index in [1.807, 2.05) is 18.2 Å². The normalized spacial score (nSPS) is 10.8. The fourth-order valence-corrected chi connectivity index (χ4v) is 0.612. The molecule has 0 radical (unpaired) electrons. The molecule has 0 atom stereocenters. The SMILES string of the molecule is C=C/C=C\C/C=C\CC(=O)OC. The maximum atomic E-state index is 10.6. The molecule has 0 aliphatic carbocycles. The molecule has 0 aromatic rings. The third-order valence-corrected chi connectivity index (χ3v) is 1.22. The van der Waals surface area contributed by atoms with Crippen molar-refractivity contribution in [2.75, 3.05) is 7.11 Å². The molecule has 66 valence electrons. The van der Waals surface area contributed by atoms with Crippen molar-refractivity contribution in [2.24, 2.45) is 0 Å². The van der Waals surface area contributed by atoms with E-state index in [-0.39, 0.29) is 5.97 Å². The molecule has 0 unspecified atom stereocenters. The van der Waals surface area contributed by atoms with E-state index in [4.69, 9.17) is 0 Å². The van der Waals surface area contributed by atoms with Crippen LogP contribution in [0.1, 0.15) is 12.8 Å². The van der Waals surface area contributed by atoms with Gasteiger partial charge >= 0.3 is 5.97 Å². The van der Waals surface area contributed by atoms with E-state index in [9.17, 15) is 4.79 Å². The Balaban J connectivity index is 3.43. The van der Waals surface area contributed by atoms with E-state index < -0.39 is 0 Å². The summed E-state index contributed by atoms with van der Waals surface area (Å²) >= 11 is 0. The summed E-state index contributed by atoms with van der Waals surface area (Å²) in [5.74, 6) is -0.209. The maximum absolute atomic E-state index is 10.6. The zero-order valence-corrected chi connectivity index (χ0v) is 7.32. The van der Waals surface area contributed by atoms with Gasteiger partial charge in [0.1, 0.15) is 0 Å². The fourth-order valence-electron chi connectivity index (χ4n) is 0.612. The van der Waals surface area contributed by atoms with Gasteiger partial charge in [0.25, 0.3) is 0 Å².